The molecule has 2 aromatic carbocycles. The monoisotopic (exact) mass is 303 g/mol. The zero-order chi connectivity index (χ0) is 15.9. The number of carbonyl (C=O) groups excluding carboxylic acids is 2. The van der Waals surface area contributed by atoms with Gasteiger partial charge in [-0.05, 0) is 48.5 Å². The second-order valence-electron chi connectivity index (χ2n) is 4.36. The van der Waals surface area contributed by atoms with Crippen molar-refractivity contribution in [3.8, 4) is 5.75 Å². The first kappa shape index (κ1) is 15.3. The number of nitrogens with two attached hydrogens (primary N) is 1. The van der Waals surface area contributed by atoms with E-state index in [1.54, 1.807) is 24.3 Å². The molecule has 22 heavy (non-hydrogen) atoms. The zero-order valence-electron chi connectivity index (χ0n) is 11.5. The topological polar surface area (TPSA) is 93.5 Å². The number of halogens is 1. The number of nitrogens with one attached hydrogen (secondary N) is 2. The Morgan fingerprint density at radius 1 is 0.955 bits per heavy atom. The molecule has 0 bridgehead atoms. The van der Waals surface area contributed by atoms with E-state index in [1.165, 1.54) is 24.3 Å². The molecule has 0 saturated carbocycles. The molecule has 6 nitrogen and oxygen atoms in total. The van der Waals surface area contributed by atoms with Crippen LogP contribution in [-0.2, 0) is 4.79 Å². The van der Waals surface area contributed by atoms with Crippen LogP contribution < -0.4 is 21.1 Å². The van der Waals surface area contributed by atoms with Crippen molar-refractivity contribution in [1.29, 1.82) is 0 Å². The Balaban J connectivity index is 1.83. The molecule has 2 aromatic rings. The van der Waals surface area contributed by atoms with Crippen molar-refractivity contribution in [2.24, 2.45) is 5.73 Å². The van der Waals surface area contributed by atoms with E-state index in [0.717, 1.165) is 0 Å². The van der Waals surface area contributed by atoms with E-state index in [-0.39, 0.29) is 18.3 Å². The normalized spacial score (nSPS) is 9.86. The van der Waals surface area contributed by atoms with Crippen molar-refractivity contribution in [1.82, 2.24) is 0 Å². The number of carbonyl (C=O) groups is 2. The third-order valence-electron chi connectivity index (χ3n) is 2.62. The number of benzene rings is 2. The van der Waals surface area contributed by atoms with Crippen LogP contribution in [0.4, 0.5) is 20.6 Å². The van der Waals surface area contributed by atoms with Gasteiger partial charge in [-0.25, -0.2) is 9.18 Å². The summed E-state index contributed by atoms with van der Waals surface area (Å²) in [5.41, 5.74) is 6.05. The van der Waals surface area contributed by atoms with Crippen LogP contribution in [0.5, 0.6) is 5.75 Å². The molecule has 0 fully saturated rings. The SMILES string of the molecule is NC(=O)Nc1ccc(NC(=O)COc2ccc(F)cc2)cc1. The molecule has 0 atom stereocenters. The highest BCUT2D eigenvalue weighted by atomic mass is 19.1. The molecular weight excluding hydrogens is 289 g/mol. The van der Waals surface area contributed by atoms with Gasteiger partial charge in [0.25, 0.3) is 5.91 Å². The first-order valence-electron chi connectivity index (χ1n) is 6.37. The summed E-state index contributed by atoms with van der Waals surface area (Å²) in [6.45, 7) is -0.201. The number of amides is 3. The third-order valence-corrected chi connectivity index (χ3v) is 2.62. The van der Waals surface area contributed by atoms with Crippen LogP contribution in [0, 0.1) is 5.82 Å². The van der Waals surface area contributed by atoms with Gasteiger partial charge in [0, 0.05) is 11.4 Å². The average Bonchev–Trinajstić information content (AvgIpc) is 2.48. The molecule has 0 saturated heterocycles. The lowest BCUT2D eigenvalue weighted by Crippen LogP contribution is -2.20. The molecule has 0 aliphatic heterocycles. The molecule has 7 heteroatoms. The van der Waals surface area contributed by atoms with Crippen LogP contribution >= 0.6 is 0 Å². The first-order valence-corrected chi connectivity index (χ1v) is 6.37. The van der Waals surface area contributed by atoms with Crippen molar-refractivity contribution in [2.45, 2.75) is 0 Å². The maximum Gasteiger partial charge on any atom is 0.316 e. The average molecular weight is 303 g/mol. The van der Waals surface area contributed by atoms with Crippen LogP contribution in [0.25, 0.3) is 0 Å². The molecule has 4 N–H and O–H groups in total. The summed E-state index contributed by atoms with van der Waals surface area (Å²) in [5.74, 6) is -0.334. The largest absolute Gasteiger partial charge is 0.484 e. The highest BCUT2D eigenvalue weighted by molar-refractivity contribution is 5.92. The van der Waals surface area contributed by atoms with E-state index >= 15 is 0 Å². The van der Waals surface area contributed by atoms with Crippen LogP contribution in [0.3, 0.4) is 0 Å². The smallest absolute Gasteiger partial charge is 0.316 e. The molecular formula is C15H14FN3O3. The molecule has 0 aromatic heterocycles. The van der Waals surface area contributed by atoms with Gasteiger partial charge in [-0.15, -0.1) is 0 Å². The summed E-state index contributed by atoms with van der Waals surface area (Å²) in [4.78, 5) is 22.4. The molecule has 0 radical (unpaired) electrons. The fraction of sp³-hybridized carbons (Fsp3) is 0.0667. The van der Waals surface area contributed by atoms with Crippen LogP contribution in [0.2, 0.25) is 0 Å². The Labute approximate surface area is 126 Å². The van der Waals surface area contributed by atoms with Gasteiger partial charge < -0.3 is 21.1 Å². The van der Waals surface area contributed by atoms with Gasteiger partial charge in [0.1, 0.15) is 11.6 Å². The quantitative estimate of drug-likeness (QED) is 0.791. The minimum absolute atomic E-state index is 0.201. The molecule has 0 heterocycles. The molecule has 0 unspecified atom stereocenters. The first-order chi connectivity index (χ1) is 10.5. The minimum atomic E-state index is -0.663. The van der Waals surface area contributed by atoms with Crippen LogP contribution in [0.15, 0.2) is 48.5 Å². The second-order valence-corrected chi connectivity index (χ2v) is 4.36. The standard InChI is InChI=1S/C15H14FN3O3/c16-10-1-7-13(8-2-10)22-9-14(20)18-11-3-5-12(6-4-11)19-15(17)21/h1-8H,9H2,(H,18,20)(H3,17,19,21). The Morgan fingerprint density at radius 3 is 2.05 bits per heavy atom. The lowest BCUT2D eigenvalue weighted by Gasteiger charge is -2.08. The van der Waals surface area contributed by atoms with Crippen molar-refractivity contribution < 1.29 is 18.7 Å². The van der Waals surface area contributed by atoms with Gasteiger partial charge in [0.05, 0.1) is 0 Å². The molecule has 2 rings (SSSR count). The summed E-state index contributed by atoms with van der Waals surface area (Å²) in [6.07, 6.45) is 0. The Morgan fingerprint density at radius 2 is 1.50 bits per heavy atom. The van der Waals surface area contributed by atoms with Gasteiger partial charge in [-0.3, -0.25) is 4.79 Å². The lowest BCUT2D eigenvalue weighted by atomic mass is 10.3. The van der Waals surface area contributed by atoms with E-state index in [4.69, 9.17) is 10.5 Å². The molecule has 0 spiro atoms. The van der Waals surface area contributed by atoms with Crippen molar-refractivity contribution in [2.75, 3.05) is 17.2 Å². The fourth-order valence-corrected chi connectivity index (χ4v) is 1.66. The Bertz CT molecular complexity index is 657. The van der Waals surface area contributed by atoms with Crippen LogP contribution in [-0.4, -0.2) is 18.5 Å². The van der Waals surface area contributed by atoms with E-state index in [9.17, 15) is 14.0 Å². The van der Waals surface area contributed by atoms with Gasteiger partial charge in [-0.2, -0.15) is 0 Å². The molecule has 3 amide bonds. The minimum Gasteiger partial charge on any atom is -0.484 e. The number of rotatable bonds is 5. The number of hydrogen-bond acceptors (Lipinski definition) is 3. The number of hydrogen-bond donors (Lipinski definition) is 3. The van der Waals surface area contributed by atoms with Crippen molar-refractivity contribution in [3.63, 3.8) is 0 Å². The lowest BCUT2D eigenvalue weighted by molar-refractivity contribution is -0.118. The summed E-state index contributed by atoms with van der Waals surface area (Å²) >= 11 is 0. The van der Waals surface area contributed by atoms with E-state index in [0.29, 0.717) is 17.1 Å². The van der Waals surface area contributed by atoms with Crippen molar-refractivity contribution >= 4 is 23.3 Å². The number of ether oxygens (including phenoxy) is 1. The molecule has 114 valence electrons. The number of anilines is 2. The highest BCUT2D eigenvalue weighted by Gasteiger charge is 2.04. The summed E-state index contributed by atoms with van der Waals surface area (Å²) in [6, 6.07) is 11.1. The highest BCUT2D eigenvalue weighted by Crippen LogP contribution is 2.14. The zero-order valence-corrected chi connectivity index (χ0v) is 11.5. The van der Waals surface area contributed by atoms with Gasteiger partial charge >= 0.3 is 6.03 Å². The summed E-state index contributed by atoms with van der Waals surface area (Å²) < 4.78 is 17.9. The summed E-state index contributed by atoms with van der Waals surface area (Å²) in [5, 5.41) is 5.03. The maximum atomic E-state index is 12.7. The molecule has 0 aliphatic rings. The Kier molecular flexibility index (Phi) is 4.92. The van der Waals surface area contributed by atoms with E-state index < -0.39 is 6.03 Å². The van der Waals surface area contributed by atoms with Crippen LogP contribution in [0.1, 0.15) is 0 Å². The second kappa shape index (κ2) is 7.07. The Hall–Kier alpha value is -3.09. The summed E-state index contributed by atoms with van der Waals surface area (Å²) in [7, 11) is 0. The van der Waals surface area contributed by atoms with E-state index in [2.05, 4.69) is 10.6 Å². The fourth-order valence-electron chi connectivity index (χ4n) is 1.66. The maximum absolute atomic E-state index is 12.7. The number of urea groups is 1. The predicted molar refractivity (Wildman–Crippen MR) is 80.2 cm³/mol. The number of primary amides is 1. The van der Waals surface area contributed by atoms with E-state index in [1.807, 2.05) is 0 Å². The van der Waals surface area contributed by atoms with Gasteiger partial charge in [0.15, 0.2) is 6.61 Å². The predicted octanol–water partition coefficient (Wildman–Crippen LogP) is 2.33. The third kappa shape index (κ3) is 4.78. The van der Waals surface area contributed by atoms with Gasteiger partial charge in [0.2, 0.25) is 0 Å². The molecule has 0 aliphatic carbocycles. The van der Waals surface area contributed by atoms with Crippen molar-refractivity contribution in [3.05, 3.63) is 54.3 Å². The van der Waals surface area contributed by atoms with Gasteiger partial charge in [-0.1, -0.05) is 0 Å².